The number of rotatable bonds is 6. The molecule has 0 fully saturated rings. The van der Waals surface area contributed by atoms with Gasteiger partial charge in [-0.15, -0.1) is 0 Å². The van der Waals surface area contributed by atoms with Crippen molar-refractivity contribution in [2.45, 2.75) is 0 Å². The van der Waals surface area contributed by atoms with Crippen molar-refractivity contribution < 1.29 is 19.4 Å². The molecule has 0 atom stereocenters. The molecule has 2 aromatic rings. The summed E-state index contributed by atoms with van der Waals surface area (Å²) < 4.78 is 11.9. The van der Waals surface area contributed by atoms with Crippen LogP contribution in [0.25, 0.3) is 0 Å². The minimum Gasteiger partial charge on any atom is -0.490 e. The largest absolute Gasteiger partial charge is 0.490 e. The summed E-state index contributed by atoms with van der Waals surface area (Å²) in [6.45, 7) is 0.726. The second-order valence-corrected chi connectivity index (χ2v) is 4.90. The number of hydrogen-bond donors (Lipinski definition) is 1. The van der Waals surface area contributed by atoms with E-state index in [4.69, 9.17) is 14.6 Å². The van der Waals surface area contributed by atoms with Gasteiger partial charge >= 0.3 is 5.97 Å². The molecular formula is C15H13BrO4. The molecule has 1 N–H and O–H groups in total. The summed E-state index contributed by atoms with van der Waals surface area (Å²) in [7, 11) is 0. The zero-order chi connectivity index (χ0) is 14.4. The molecule has 0 radical (unpaired) electrons. The molecule has 2 aromatic carbocycles. The first-order valence-corrected chi connectivity index (χ1v) is 6.79. The Labute approximate surface area is 125 Å². The topological polar surface area (TPSA) is 55.8 Å². The summed E-state index contributed by atoms with van der Waals surface area (Å²) in [5.74, 6) is 0.297. The SMILES string of the molecule is O=C(O)c1cccc(OCCOc2cccc(Br)c2)c1. The van der Waals surface area contributed by atoms with Crippen molar-refractivity contribution in [1.29, 1.82) is 0 Å². The van der Waals surface area contributed by atoms with E-state index in [1.54, 1.807) is 12.1 Å². The first-order valence-electron chi connectivity index (χ1n) is 6.00. The fraction of sp³-hybridized carbons (Fsp3) is 0.133. The van der Waals surface area contributed by atoms with Gasteiger partial charge in [-0.05, 0) is 36.4 Å². The maximum Gasteiger partial charge on any atom is 0.335 e. The van der Waals surface area contributed by atoms with Crippen LogP contribution in [0.5, 0.6) is 11.5 Å². The third-order valence-electron chi connectivity index (χ3n) is 2.50. The Hall–Kier alpha value is -2.01. The molecule has 0 saturated carbocycles. The van der Waals surface area contributed by atoms with Crippen LogP contribution in [0.4, 0.5) is 0 Å². The number of carbonyl (C=O) groups is 1. The van der Waals surface area contributed by atoms with Crippen molar-refractivity contribution >= 4 is 21.9 Å². The van der Waals surface area contributed by atoms with Gasteiger partial charge in [0.05, 0.1) is 5.56 Å². The average Bonchev–Trinajstić information content (AvgIpc) is 2.44. The molecule has 0 aliphatic rings. The summed E-state index contributed by atoms with van der Waals surface area (Å²) in [6, 6.07) is 13.9. The molecule has 0 aromatic heterocycles. The maximum atomic E-state index is 10.8. The highest BCUT2D eigenvalue weighted by Crippen LogP contribution is 2.18. The van der Waals surface area contributed by atoms with Crippen LogP contribution in [0.3, 0.4) is 0 Å². The molecule has 5 heteroatoms. The minimum absolute atomic E-state index is 0.204. The number of carboxylic acid groups (broad SMARTS) is 1. The summed E-state index contributed by atoms with van der Waals surface area (Å²) in [5, 5.41) is 8.87. The van der Waals surface area contributed by atoms with E-state index in [0.29, 0.717) is 19.0 Å². The molecule has 0 spiro atoms. The van der Waals surface area contributed by atoms with E-state index in [-0.39, 0.29) is 5.56 Å². The van der Waals surface area contributed by atoms with E-state index in [9.17, 15) is 4.79 Å². The lowest BCUT2D eigenvalue weighted by molar-refractivity contribution is 0.0696. The summed E-state index contributed by atoms with van der Waals surface area (Å²) >= 11 is 3.36. The lowest BCUT2D eigenvalue weighted by atomic mass is 10.2. The molecule has 0 aliphatic heterocycles. The third kappa shape index (κ3) is 4.28. The Bertz CT molecular complexity index is 598. The van der Waals surface area contributed by atoms with Crippen molar-refractivity contribution in [3.05, 3.63) is 58.6 Å². The van der Waals surface area contributed by atoms with Gasteiger partial charge in [-0.1, -0.05) is 28.1 Å². The Morgan fingerprint density at radius 2 is 1.60 bits per heavy atom. The van der Waals surface area contributed by atoms with E-state index in [1.807, 2.05) is 24.3 Å². The van der Waals surface area contributed by atoms with E-state index in [1.165, 1.54) is 12.1 Å². The minimum atomic E-state index is -0.971. The molecule has 0 unspecified atom stereocenters. The average molecular weight is 337 g/mol. The number of hydrogen-bond acceptors (Lipinski definition) is 3. The lowest BCUT2D eigenvalue weighted by Crippen LogP contribution is -2.09. The van der Waals surface area contributed by atoms with E-state index >= 15 is 0 Å². The Morgan fingerprint density at radius 1 is 1.00 bits per heavy atom. The Balaban J connectivity index is 1.81. The van der Waals surface area contributed by atoms with Crippen molar-refractivity contribution in [1.82, 2.24) is 0 Å². The van der Waals surface area contributed by atoms with Gasteiger partial charge in [0.15, 0.2) is 0 Å². The van der Waals surface area contributed by atoms with Crippen molar-refractivity contribution in [2.24, 2.45) is 0 Å². The predicted molar refractivity (Wildman–Crippen MR) is 78.5 cm³/mol. The highest BCUT2D eigenvalue weighted by atomic mass is 79.9. The van der Waals surface area contributed by atoms with Crippen LogP contribution in [0, 0.1) is 0 Å². The standard InChI is InChI=1S/C15H13BrO4/c16-12-4-2-6-14(10-12)20-8-7-19-13-5-1-3-11(9-13)15(17)18/h1-6,9-10H,7-8H2,(H,17,18). The van der Waals surface area contributed by atoms with Crippen LogP contribution >= 0.6 is 15.9 Å². The second kappa shape index (κ2) is 6.96. The Kier molecular flexibility index (Phi) is 5.01. The molecule has 104 valence electrons. The van der Waals surface area contributed by atoms with Crippen LogP contribution in [0.1, 0.15) is 10.4 Å². The van der Waals surface area contributed by atoms with Gasteiger partial charge in [0.2, 0.25) is 0 Å². The fourth-order valence-corrected chi connectivity index (χ4v) is 1.97. The molecule has 0 aliphatic carbocycles. The smallest absolute Gasteiger partial charge is 0.335 e. The molecule has 0 bridgehead atoms. The third-order valence-corrected chi connectivity index (χ3v) is 2.99. The summed E-state index contributed by atoms with van der Waals surface area (Å²) in [4.78, 5) is 10.8. The van der Waals surface area contributed by atoms with Crippen LogP contribution < -0.4 is 9.47 Å². The first-order chi connectivity index (χ1) is 9.65. The molecular weight excluding hydrogens is 324 g/mol. The summed E-state index contributed by atoms with van der Waals surface area (Å²) in [5.41, 5.74) is 0.204. The zero-order valence-corrected chi connectivity index (χ0v) is 12.2. The van der Waals surface area contributed by atoms with Crippen molar-refractivity contribution in [3.63, 3.8) is 0 Å². The van der Waals surface area contributed by atoms with Gasteiger partial charge in [-0.2, -0.15) is 0 Å². The molecule has 2 rings (SSSR count). The quantitative estimate of drug-likeness (QED) is 0.819. The van der Waals surface area contributed by atoms with E-state index in [2.05, 4.69) is 15.9 Å². The molecule has 0 amide bonds. The molecule has 0 saturated heterocycles. The van der Waals surface area contributed by atoms with E-state index in [0.717, 1.165) is 10.2 Å². The maximum absolute atomic E-state index is 10.8. The van der Waals surface area contributed by atoms with Crippen molar-refractivity contribution in [2.75, 3.05) is 13.2 Å². The van der Waals surface area contributed by atoms with Gasteiger partial charge < -0.3 is 14.6 Å². The van der Waals surface area contributed by atoms with Gasteiger partial charge in [0.25, 0.3) is 0 Å². The molecule has 4 nitrogen and oxygen atoms in total. The second-order valence-electron chi connectivity index (χ2n) is 3.99. The van der Waals surface area contributed by atoms with E-state index < -0.39 is 5.97 Å². The van der Waals surface area contributed by atoms with Crippen molar-refractivity contribution in [3.8, 4) is 11.5 Å². The molecule has 0 heterocycles. The van der Waals surface area contributed by atoms with Crippen LogP contribution in [0.2, 0.25) is 0 Å². The normalized spacial score (nSPS) is 10.1. The van der Waals surface area contributed by atoms with Gasteiger partial charge in [0, 0.05) is 4.47 Å². The number of ether oxygens (including phenoxy) is 2. The molecule has 20 heavy (non-hydrogen) atoms. The van der Waals surface area contributed by atoms with Gasteiger partial charge in [-0.25, -0.2) is 4.79 Å². The van der Waals surface area contributed by atoms with Gasteiger partial charge in [0.1, 0.15) is 24.7 Å². The number of benzene rings is 2. The highest BCUT2D eigenvalue weighted by molar-refractivity contribution is 9.10. The van der Waals surface area contributed by atoms with Crippen LogP contribution in [-0.2, 0) is 0 Å². The summed E-state index contributed by atoms with van der Waals surface area (Å²) in [6.07, 6.45) is 0. The highest BCUT2D eigenvalue weighted by Gasteiger charge is 2.03. The van der Waals surface area contributed by atoms with Crippen LogP contribution in [0.15, 0.2) is 53.0 Å². The predicted octanol–water partition coefficient (Wildman–Crippen LogP) is 3.61. The van der Waals surface area contributed by atoms with Gasteiger partial charge in [-0.3, -0.25) is 0 Å². The number of halogens is 1. The van der Waals surface area contributed by atoms with Crippen LogP contribution in [-0.4, -0.2) is 24.3 Å². The first kappa shape index (κ1) is 14.4. The number of aromatic carboxylic acids is 1. The number of carboxylic acids is 1. The Morgan fingerprint density at radius 3 is 2.20 bits per heavy atom. The zero-order valence-electron chi connectivity index (χ0n) is 10.6. The monoisotopic (exact) mass is 336 g/mol. The lowest BCUT2D eigenvalue weighted by Gasteiger charge is -2.09. The fourth-order valence-electron chi connectivity index (χ4n) is 1.59.